The highest BCUT2D eigenvalue weighted by atomic mass is 31.0. The number of carbonyl (C=O) groups is 2. The van der Waals surface area contributed by atoms with E-state index in [1.165, 1.54) is 21.3 Å². The molecule has 10 heteroatoms. The third-order valence-electron chi connectivity index (χ3n) is 6.20. The summed E-state index contributed by atoms with van der Waals surface area (Å²) in [6.45, 7) is -0.0388. The topological polar surface area (TPSA) is 95.6 Å². The first-order valence-corrected chi connectivity index (χ1v) is 12.1. The Balaban J connectivity index is 1.49. The van der Waals surface area contributed by atoms with Gasteiger partial charge in [0.05, 0.1) is 26.3 Å². The average Bonchev–Trinajstić information content (AvgIpc) is 3.26. The van der Waals surface area contributed by atoms with E-state index < -0.39 is 6.09 Å². The van der Waals surface area contributed by atoms with Gasteiger partial charge in [-0.3, -0.25) is 9.42 Å². The summed E-state index contributed by atoms with van der Waals surface area (Å²) in [6, 6.07) is 19.5. The highest BCUT2D eigenvalue weighted by Crippen LogP contribution is 2.44. The van der Waals surface area contributed by atoms with Gasteiger partial charge in [0, 0.05) is 34.6 Å². The number of methoxy groups -OCH3 is 2. The molecule has 3 aromatic rings. The summed E-state index contributed by atoms with van der Waals surface area (Å²) in [5.74, 6) is 0.804. The van der Waals surface area contributed by atoms with Gasteiger partial charge in [-0.1, -0.05) is 48.5 Å². The minimum Gasteiger partial charge on any atom is -0.496 e. The Morgan fingerprint density at radius 3 is 2.03 bits per heavy atom. The zero-order valence-corrected chi connectivity index (χ0v) is 22.0. The molecular formula is C27H29N2O7P. The van der Waals surface area contributed by atoms with Crippen LogP contribution in [0.4, 0.5) is 4.79 Å². The first-order chi connectivity index (χ1) is 18.0. The van der Waals surface area contributed by atoms with Crippen LogP contribution in [0.2, 0.25) is 0 Å². The number of fused-ring (bicyclic) bond motifs is 3. The summed E-state index contributed by atoms with van der Waals surface area (Å²) in [4.78, 5) is 24.6. The van der Waals surface area contributed by atoms with Crippen LogP contribution in [-0.2, 0) is 20.7 Å². The molecule has 0 aromatic heterocycles. The van der Waals surface area contributed by atoms with E-state index in [2.05, 4.69) is 39.0 Å². The predicted octanol–water partition coefficient (Wildman–Crippen LogP) is 4.30. The second kappa shape index (κ2) is 12.0. The maximum absolute atomic E-state index is 13.1. The van der Waals surface area contributed by atoms with E-state index in [-0.39, 0.29) is 31.6 Å². The van der Waals surface area contributed by atoms with Crippen molar-refractivity contribution in [2.45, 2.75) is 12.5 Å². The van der Waals surface area contributed by atoms with Gasteiger partial charge >= 0.3 is 6.09 Å². The van der Waals surface area contributed by atoms with E-state index in [0.29, 0.717) is 22.8 Å². The third-order valence-corrected chi connectivity index (χ3v) is 6.45. The first kappa shape index (κ1) is 26.3. The molecule has 0 heterocycles. The van der Waals surface area contributed by atoms with Crippen LogP contribution in [0.5, 0.6) is 17.2 Å². The van der Waals surface area contributed by atoms with E-state index in [1.807, 2.05) is 24.3 Å². The fourth-order valence-corrected chi connectivity index (χ4v) is 4.54. The Hall–Kier alpha value is -3.81. The number of likely N-dealkylation sites (N-methyl/N-ethyl adjacent to an activating group) is 1. The van der Waals surface area contributed by atoms with Crippen molar-refractivity contribution in [2.24, 2.45) is 0 Å². The van der Waals surface area contributed by atoms with Crippen molar-refractivity contribution in [2.75, 3.05) is 34.5 Å². The molecule has 1 N–H and O–H groups in total. The van der Waals surface area contributed by atoms with Gasteiger partial charge in [-0.25, -0.2) is 4.79 Å². The second-order valence-corrected chi connectivity index (χ2v) is 8.43. The molecule has 0 bridgehead atoms. The minimum atomic E-state index is -0.666. The summed E-state index contributed by atoms with van der Waals surface area (Å²) in [6.07, 6.45) is -0.666. The summed E-state index contributed by atoms with van der Waals surface area (Å²) >= 11 is 0. The molecule has 9 nitrogen and oxygen atoms in total. The lowest BCUT2D eigenvalue weighted by atomic mass is 9.98. The van der Waals surface area contributed by atoms with Crippen LogP contribution in [-0.4, -0.2) is 51.5 Å². The van der Waals surface area contributed by atoms with Gasteiger partial charge in [0.15, 0.2) is 6.61 Å². The van der Waals surface area contributed by atoms with Crippen molar-refractivity contribution in [1.29, 1.82) is 0 Å². The Morgan fingerprint density at radius 1 is 0.946 bits per heavy atom. The van der Waals surface area contributed by atoms with Crippen LogP contribution in [0.25, 0.3) is 11.1 Å². The smallest absolute Gasteiger partial charge is 0.434 e. The number of hydrogen-bond donors (Lipinski definition) is 1. The average molecular weight is 525 g/mol. The summed E-state index contributed by atoms with van der Waals surface area (Å²) < 4.78 is 27.5. The normalized spacial score (nSPS) is 11.8. The molecule has 0 saturated carbocycles. The number of amides is 2. The molecule has 0 radical (unpaired) electrons. The standard InChI is InChI=1S/C27H29N2O7P/c1-28-26(30)16-34-17-12-24(32-2)22(25(13-17)33-3)14-29(36-37)27(31)35-15-23-20-10-6-4-8-18(20)19-9-5-7-11-21(19)23/h4-13,23H,14-16,37H2,1-3H3,(H,28,30). The molecule has 0 saturated heterocycles. The molecule has 1 aliphatic rings. The van der Waals surface area contributed by atoms with Gasteiger partial charge in [-0.15, -0.1) is 0 Å². The quantitative estimate of drug-likeness (QED) is 0.312. The van der Waals surface area contributed by atoms with E-state index in [9.17, 15) is 9.59 Å². The number of rotatable bonds is 10. The Kier molecular flexibility index (Phi) is 8.48. The van der Waals surface area contributed by atoms with Crippen LogP contribution in [0.3, 0.4) is 0 Å². The molecule has 194 valence electrons. The first-order valence-electron chi connectivity index (χ1n) is 11.6. The molecule has 1 atom stereocenters. The number of nitrogens with zero attached hydrogens (tertiary/aromatic N) is 1. The van der Waals surface area contributed by atoms with Crippen LogP contribution in [0.1, 0.15) is 22.6 Å². The van der Waals surface area contributed by atoms with Gasteiger partial charge in [0.1, 0.15) is 23.9 Å². The number of ether oxygens (including phenoxy) is 4. The fourth-order valence-electron chi connectivity index (χ4n) is 4.37. The minimum absolute atomic E-state index is 0.0255. The maximum atomic E-state index is 13.1. The molecule has 2 amide bonds. The van der Waals surface area contributed by atoms with Crippen LogP contribution >= 0.6 is 9.47 Å². The van der Waals surface area contributed by atoms with Crippen molar-refractivity contribution in [1.82, 2.24) is 10.4 Å². The van der Waals surface area contributed by atoms with Crippen LogP contribution in [0, 0.1) is 0 Å². The number of hydrogen-bond acceptors (Lipinski definition) is 7. The summed E-state index contributed by atoms with van der Waals surface area (Å²) in [7, 11) is 6.56. The largest absolute Gasteiger partial charge is 0.496 e. The lowest BCUT2D eigenvalue weighted by molar-refractivity contribution is -0.122. The lowest BCUT2D eigenvalue weighted by Gasteiger charge is -2.23. The van der Waals surface area contributed by atoms with E-state index in [4.69, 9.17) is 23.6 Å². The Morgan fingerprint density at radius 2 is 1.51 bits per heavy atom. The zero-order valence-electron chi connectivity index (χ0n) is 20.9. The van der Waals surface area contributed by atoms with Crippen LogP contribution < -0.4 is 19.5 Å². The molecule has 37 heavy (non-hydrogen) atoms. The summed E-state index contributed by atoms with van der Waals surface area (Å²) in [5, 5.41) is 3.55. The van der Waals surface area contributed by atoms with Crippen LogP contribution in [0.15, 0.2) is 60.7 Å². The lowest BCUT2D eigenvalue weighted by Crippen LogP contribution is -2.30. The predicted molar refractivity (Wildman–Crippen MR) is 141 cm³/mol. The van der Waals surface area contributed by atoms with Crippen molar-refractivity contribution in [3.8, 4) is 28.4 Å². The molecule has 1 aliphatic carbocycles. The van der Waals surface area contributed by atoms with Gasteiger partial charge in [0.25, 0.3) is 5.91 Å². The number of carbonyl (C=O) groups excluding carboxylic acids is 2. The Labute approximate surface area is 217 Å². The molecule has 0 spiro atoms. The van der Waals surface area contributed by atoms with E-state index in [0.717, 1.165) is 27.3 Å². The number of hydroxylamine groups is 2. The maximum Gasteiger partial charge on any atom is 0.434 e. The summed E-state index contributed by atoms with van der Waals surface area (Å²) in [5.41, 5.74) is 5.06. The molecule has 0 aliphatic heterocycles. The van der Waals surface area contributed by atoms with Crippen molar-refractivity contribution < 1.29 is 33.2 Å². The van der Waals surface area contributed by atoms with E-state index >= 15 is 0 Å². The van der Waals surface area contributed by atoms with Crippen molar-refractivity contribution in [3.05, 3.63) is 77.4 Å². The number of benzene rings is 3. The van der Waals surface area contributed by atoms with Gasteiger partial charge in [-0.05, 0) is 22.3 Å². The third kappa shape index (κ3) is 5.63. The zero-order chi connectivity index (χ0) is 26.4. The van der Waals surface area contributed by atoms with Gasteiger partial charge in [-0.2, -0.15) is 5.06 Å². The highest BCUT2D eigenvalue weighted by Gasteiger charge is 2.30. The Bertz CT molecular complexity index is 1210. The molecule has 0 fully saturated rings. The monoisotopic (exact) mass is 524 g/mol. The SMILES string of the molecule is CNC(=O)COc1cc(OC)c(CN(OP)C(=O)OCC2c3ccccc3-c3ccccc32)c(OC)c1. The van der Waals surface area contributed by atoms with Crippen molar-refractivity contribution >= 4 is 21.5 Å². The molecule has 4 rings (SSSR count). The van der Waals surface area contributed by atoms with Crippen molar-refractivity contribution in [3.63, 3.8) is 0 Å². The molecule has 3 aromatic carbocycles. The second-order valence-electron chi connectivity index (χ2n) is 8.21. The van der Waals surface area contributed by atoms with Gasteiger partial charge in [0.2, 0.25) is 0 Å². The number of nitrogens with one attached hydrogen (secondary N) is 1. The van der Waals surface area contributed by atoms with E-state index in [1.54, 1.807) is 12.1 Å². The van der Waals surface area contributed by atoms with Gasteiger partial charge < -0.3 is 24.3 Å². The molecule has 1 unspecified atom stereocenters. The fraction of sp³-hybridized carbons (Fsp3) is 0.259. The highest BCUT2D eigenvalue weighted by molar-refractivity contribution is 7.09. The molecular weight excluding hydrogens is 495 g/mol.